The molecule has 2 saturated heterocycles. The minimum absolute atomic E-state index is 0.0549. The summed E-state index contributed by atoms with van der Waals surface area (Å²) in [5.41, 5.74) is 2.22. The highest BCUT2D eigenvalue weighted by molar-refractivity contribution is 5.96. The van der Waals surface area contributed by atoms with Crippen LogP contribution in [-0.2, 0) is 12.6 Å². The molecule has 7 heteroatoms. The standard InChI is InChI=1S/C31H42N4O3/c1-31(2,37)23-4-5-28(26(15-23)27-19-34(3)30(36)29-25(27)8-11-33-29)38-24-13-21(14-24)16-35-17-22(18-35)12-20-6-9-32-10-7-20/h4-5,8,11,15,19-22,24,32-33,37H,6-7,9-10,12-14,16-18H2,1-3H3. The number of rotatable bonds is 8. The summed E-state index contributed by atoms with van der Waals surface area (Å²) in [6.45, 7) is 9.72. The number of benzene rings is 1. The third kappa shape index (κ3) is 5.16. The van der Waals surface area contributed by atoms with E-state index in [0.717, 1.165) is 52.5 Å². The van der Waals surface area contributed by atoms with Crippen molar-refractivity contribution >= 4 is 10.9 Å². The van der Waals surface area contributed by atoms with Crippen LogP contribution in [0.3, 0.4) is 0 Å². The largest absolute Gasteiger partial charge is 0.490 e. The van der Waals surface area contributed by atoms with E-state index in [1.807, 2.05) is 30.5 Å². The molecule has 2 aromatic heterocycles. The van der Waals surface area contributed by atoms with Crippen LogP contribution in [0, 0.1) is 17.8 Å². The molecule has 0 radical (unpaired) electrons. The van der Waals surface area contributed by atoms with Gasteiger partial charge in [-0.1, -0.05) is 6.07 Å². The Hall–Kier alpha value is -2.61. The number of aromatic amines is 1. The van der Waals surface area contributed by atoms with E-state index in [1.165, 1.54) is 52.0 Å². The Bertz CT molecular complexity index is 1340. The van der Waals surface area contributed by atoms with Crippen molar-refractivity contribution in [2.75, 3.05) is 32.7 Å². The number of likely N-dealkylation sites (tertiary alicyclic amines) is 1. The number of hydrogen-bond acceptors (Lipinski definition) is 5. The van der Waals surface area contributed by atoms with Gasteiger partial charge in [0.15, 0.2) is 0 Å². The lowest BCUT2D eigenvalue weighted by molar-refractivity contribution is 0.00446. The maximum Gasteiger partial charge on any atom is 0.274 e. The first-order valence-electron chi connectivity index (χ1n) is 14.4. The molecule has 3 fully saturated rings. The summed E-state index contributed by atoms with van der Waals surface area (Å²) in [4.78, 5) is 18.4. The predicted octanol–water partition coefficient (Wildman–Crippen LogP) is 4.24. The zero-order chi connectivity index (χ0) is 26.4. The number of nitrogens with zero attached hydrogens (tertiary/aromatic N) is 2. The van der Waals surface area contributed by atoms with Gasteiger partial charge >= 0.3 is 0 Å². The fourth-order valence-electron chi connectivity index (χ4n) is 6.74. The molecule has 3 aliphatic rings. The predicted molar refractivity (Wildman–Crippen MR) is 152 cm³/mol. The van der Waals surface area contributed by atoms with Crippen LogP contribution in [0.25, 0.3) is 22.0 Å². The number of fused-ring (bicyclic) bond motifs is 1. The lowest BCUT2D eigenvalue weighted by Crippen LogP contribution is -2.52. The summed E-state index contributed by atoms with van der Waals surface area (Å²) in [6.07, 6.45) is 10.2. The first-order chi connectivity index (χ1) is 18.2. The number of piperidine rings is 1. The summed E-state index contributed by atoms with van der Waals surface area (Å²) in [7, 11) is 1.77. The van der Waals surface area contributed by atoms with Gasteiger partial charge < -0.3 is 29.6 Å². The molecular weight excluding hydrogens is 476 g/mol. The van der Waals surface area contributed by atoms with Crippen molar-refractivity contribution in [3.8, 4) is 16.9 Å². The third-order valence-corrected chi connectivity index (χ3v) is 9.03. The van der Waals surface area contributed by atoms with Crippen LogP contribution in [0.4, 0.5) is 0 Å². The minimum Gasteiger partial charge on any atom is -0.490 e. The van der Waals surface area contributed by atoms with Crippen molar-refractivity contribution in [3.05, 3.63) is 52.6 Å². The lowest BCUT2D eigenvalue weighted by Gasteiger charge is -2.46. The fourth-order valence-corrected chi connectivity index (χ4v) is 6.74. The van der Waals surface area contributed by atoms with E-state index < -0.39 is 5.60 Å². The third-order valence-electron chi connectivity index (χ3n) is 9.03. The first-order valence-corrected chi connectivity index (χ1v) is 14.4. The van der Waals surface area contributed by atoms with Gasteiger partial charge in [-0.15, -0.1) is 0 Å². The molecule has 7 nitrogen and oxygen atoms in total. The molecule has 4 heterocycles. The Kier molecular flexibility index (Phi) is 6.87. The maximum absolute atomic E-state index is 12.6. The molecule has 3 N–H and O–H groups in total. The van der Waals surface area contributed by atoms with E-state index in [9.17, 15) is 9.90 Å². The summed E-state index contributed by atoms with van der Waals surface area (Å²) in [5.74, 6) is 3.34. The van der Waals surface area contributed by atoms with Crippen molar-refractivity contribution < 1.29 is 9.84 Å². The second-order valence-electron chi connectivity index (χ2n) is 12.6. The van der Waals surface area contributed by atoms with Gasteiger partial charge in [-0.25, -0.2) is 0 Å². The molecule has 38 heavy (non-hydrogen) atoms. The molecule has 204 valence electrons. The smallest absolute Gasteiger partial charge is 0.274 e. The van der Waals surface area contributed by atoms with Gasteiger partial charge in [0.2, 0.25) is 0 Å². The van der Waals surface area contributed by atoms with Crippen molar-refractivity contribution in [2.24, 2.45) is 24.8 Å². The van der Waals surface area contributed by atoms with Crippen LogP contribution in [0.15, 0.2) is 41.5 Å². The Balaban J connectivity index is 1.12. The van der Waals surface area contributed by atoms with Crippen molar-refractivity contribution in [1.29, 1.82) is 0 Å². The van der Waals surface area contributed by atoms with Crippen LogP contribution in [0.2, 0.25) is 0 Å². The number of pyridine rings is 1. The van der Waals surface area contributed by atoms with E-state index >= 15 is 0 Å². The molecule has 1 aromatic carbocycles. The van der Waals surface area contributed by atoms with Gasteiger partial charge in [0.05, 0.1) is 11.7 Å². The number of H-pyrrole nitrogens is 1. The van der Waals surface area contributed by atoms with Crippen molar-refractivity contribution in [2.45, 2.75) is 57.7 Å². The molecule has 2 aliphatic heterocycles. The molecule has 1 saturated carbocycles. The Morgan fingerprint density at radius 3 is 2.55 bits per heavy atom. The second-order valence-corrected chi connectivity index (χ2v) is 12.6. The molecule has 0 amide bonds. The number of ether oxygens (including phenoxy) is 1. The number of aromatic nitrogens is 2. The Labute approximate surface area is 225 Å². The molecule has 0 unspecified atom stereocenters. The van der Waals surface area contributed by atoms with Crippen LogP contribution < -0.4 is 15.6 Å². The molecular formula is C31H42N4O3. The van der Waals surface area contributed by atoms with E-state index in [2.05, 4.69) is 15.2 Å². The van der Waals surface area contributed by atoms with E-state index in [0.29, 0.717) is 11.4 Å². The molecule has 3 aromatic rings. The van der Waals surface area contributed by atoms with Crippen LogP contribution in [-0.4, -0.2) is 58.4 Å². The maximum atomic E-state index is 12.6. The van der Waals surface area contributed by atoms with Crippen LogP contribution in [0.1, 0.15) is 51.5 Å². The lowest BCUT2D eigenvalue weighted by atomic mass is 9.79. The number of aryl methyl sites for hydroxylation is 1. The van der Waals surface area contributed by atoms with Crippen LogP contribution in [0.5, 0.6) is 5.75 Å². The molecule has 0 bridgehead atoms. The second kappa shape index (κ2) is 10.2. The van der Waals surface area contributed by atoms with Crippen molar-refractivity contribution in [3.63, 3.8) is 0 Å². The average Bonchev–Trinajstić information content (AvgIpc) is 3.34. The topological polar surface area (TPSA) is 82.5 Å². The first kappa shape index (κ1) is 25.7. The molecule has 1 aliphatic carbocycles. The normalized spacial score (nSPS) is 23.4. The monoisotopic (exact) mass is 518 g/mol. The van der Waals surface area contributed by atoms with Gasteiger partial charge in [-0.3, -0.25) is 4.79 Å². The zero-order valence-corrected chi connectivity index (χ0v) is 23.0. The van der Waals surface area contributed by atoms with Crippen molar-refractivity contribution in [1.82, 2.24) is 19.8 Å². The summed E-state index contributed by atoms with van der Waals surface area (Å²) in [5, 5.41) is 15.1. The highest BCUT2D eigenvalue weighted by Gasteiger charge is 2.37. The Morgan fingerprint density at radius 2 is 1.82 bits per heavy atom. The van der Waals surface area contributed by atoms with E-state index in [4.69, 9.17) is 4.74 Å². The van der Waals surface area contributed by atoms with Gasteiger partial charge in [-0.05, 0) is 101 Å². The number of hydrogen-bond donors (Lipinski definition) is 3. The van der Waals surface area contributed by atoms with Gasteiger partial charge in [0.25, 0.3) is 5.56 Å². The van der Waals surface area contributed by atoms with Gasteiger partial charge in [0.1, 0.15) is 11.3 Å². The highest BCUT2D eigenvalue weighted by Crippen LogP contribution is 2.41. The number of aliphatic hydroxyl groups is 1. The summed E-state index contributed by atoms with van der Waals surface area (Å²) < 4.78 is 8.19. The highest BCUT2D eigenvalue weighted by atomic mass is 16.5. The fraction of sp³-hybridized carbons (Fsp3) is 0.581. The SMILES string of the molecule is Cn1cc(-c2cc(C(C)(C)O)ccc2OC2CC(CN3CC(CC4CCNCC4)C3)C2)c2cc[nH]c2c1=O. The quantitative estimate of drug-likeness (QED) is 0.416. The number of nitrogens with one attached hydrogen (secondary N) is 2. The minimum atomic E-state index is -0.976. The van der Waals surface area contributed by atoms with Gasteiger partial charge in [-0.2, -0.15) is 0 Å². The molecule has 0 spiro atoms. The average molecular weight is 519 g/mol. The molecule has 0 atom stereocenters. The van der Waals surface area contributed by atoms with Crippen LogP contribution >= 0.6 is 0 Å². The summed E-state index contributed by atoms with van der Waals surface area (Å²) >= 11 is 0. The Morgan fingerprint density at radius 1 is 1.05 bits per heavy atom. The summed E-state index contributed by atoms with van der Waals surface area (Å²) in [6, 6.07) is 7.89. The molecule has 6 rings (SSSR count). The van der Waals surface area contributed by atoms with E-state index in [-0.39, 0.29) is 11.7 Å². The van der Waals surface area contributed by atoms with Gasteiger partial charge in [0, 0.05) is 55.6 Å². The zero-order valence-electron chi connectivity index (χ0n) is 23.0. The van der Waals surface area contributed by atoms with E-state index in [1.54, 1.807) is 31.7 Å².